The third-order valence-electron chi connectivity index (χ3n) is 5.39. The van der Waals surface area contributed by atoms with Crippen LogP contribution in [0.25, 0.3) is 10.9 Å². The predicted octanol–water partition coefficient (Wildman–Crippen LogP) is 3.62. The molecule has 3 heterocycles. The van der Waals surface area contributed by atoms with Gasteiger partial charge in [0, 0.05) is 24.5 Å². The van der Waals surface area contributed by atoms with E-state index >= 15 is 0 Å². The number of rotatable bonds is 0. The molecule has 0 fully saturated rings. The Morgan fingerprint density at radius 2 is 2.00 bits per heavy atom. The Kier molecular flexibility index (Phi) is 2.64. The second kappa shape index (κ2) is 4.63. The smallest absolute Gasteiger partial charge is 0.257 e. The van der Waals surface area contributed by atoms with Crippen molar-refractivity contribution in [2.75, 3.05) is 18.5 Å². The highest BCUT2D eigenvalue weighted by atomic mass is 16.2. The number of nitrogens with one attached hydrogen (secondary N) is 1. The Hall–Kier alpha value is -2.75. The number of para-hydroxylation sites is 1. The van der Waals surface area contributed by atoms with Crippen LogP contribution in [0.1, 0.15) is 33.3 Å². The highest BCUT2D eigenvalue weighted by Gasteiger charge is 2.41. The Labute approximate surface area is 140 Å². The van der Waals surface area contributed by atoms with Crippen molar-refractivity contribution in [2.45, 2.75) is 19.5 Å². The van der Waals surface area contributed by atoms with Crippen LogP contribution in [0.15, 0.2) is 42.5 Å². The van der Waals surface area contributed by atoms with Crippen LogP contribution in [0.5, 0.6) is 0 Å². The molecule has 1 N–H and O–H groups in total. The van der Waals surface area contributed by atoms with E-state index < -0.39 is 0 Å². The molecule has 0 radical (unpaired) electrons. The number of benzene rings is 2. The van der Waals surface area contributed by atoms with Gasteiger partial charge in [-0.1, -0.05) is 23.8 Å². The lowest BCUT2D eigenvalue weighted by molar-refractivity contribution is 0.0634. The van der Waals surface area contributed by atoms with Gasteiger partial charge in [-0.3, -0.25) is 4.79 Å². The van der Waals surface area contributed by atoms with Gasteiger partial charge in [0.15, 0.2) is 0 Å². The first kappa shape index (κ1) is 13.7. The van der Waals surface area contributed by atoms with E-state index in [-0.39, 0.29) is 12.1 Å². The first-order valence-corrected chi connectivity index (χ1v) is 8.39. The summed E-state index contributed by atoms with van der Waals surface area (Å²) in [5, 5.41) is 1.30. The zero-order valence-electron chi connectivity index (χ0n) is 13.8. The molecular weight excluding hydrogens is 298 g/mol. The number of aromatic amines is 1. The van der Waals surface area contributed by atoms with Crippen LogP contribution in [-0.2, 0) is 6.42 Å². The maximum atomic E-state index is 13.0. The van der Waals surface area contributed by atoms with Crippen LogP contribution >= 0.6 is 0 Å². The van der Waals surface area contributed by atoms with Crippen molar-refractivity contribution >= 4 is 22.5 Å². The molecule has 2 aromatic carbocycles. The molecule has 0 aliphatic carbocycles. The molecule has 1 amide bonds. The van der Waals surface area contributed by atoms with Gasteiger partial charge in [-0.2, -0.15) is 0 Å². The molecule has 0 spiro atoms. The normalized spacial score (nSPS) is 19.2. The first-order chi connectivity index (χ1) is 11.6. The van der Waals surface area contributed by atoms with Gasteiger partial charge in [0.2, 0.25) is 0 Å². The summed E-state index contributed by atoms with van der Waals surface area (Å²) >= 11 is 0. The van der Waals surface area contributed by atoms with Crippen LogP contribution in [0, 0.1) is 6.92 Å². The average molecular weight is 317 g/mol. The molecule has 3 aromatic rings. The van der Waals surface area contributed by atoms with Crippen molar-refractivity contribution in [3.63, 3.8) is 0 Å². The van der Waals surface area contributed by atoms with Gasteiger partial charge in [0.1, 0.15) is 6.17 Å². The standard InChI is InChI=1S/C20H19N3O/c1-12-7-8-16-15(11-12)13-9-10-23-19(18(13)21-16)22(2)17-6-4-3-5-14(17)20(23)24/h3-8,11,19,21H,9-10H2,1-2H3/t19-/m0/s1. The minimum atomic E-state index is -0.0520. The second-order valence-electron chi connectivity index (χ2n) is 6.82. The lowest BCUT2D eigenvalue weighted by Crippen LogP contribution is -2.51. The van der Waals surface area contributed by atoms with Crippen molar-refractivity contribution < 1.29 is 4.79 Å². The first-order valence-electron chi connectivity index (χ1n) is 8.39. The van der Waals surface area contributed by atoms with E-state index in [0.717, 1.165) is 35.4 Å². The summed E-state index contributed by atoms with van der Waals surface area (Å²) in [5.41, 5.74) is 6.75. The number of carbonyl (C=O) groups is 1. The van der Waals surface area contributed by atoms with Gasteiger partial charge in [-0.05, 0) is 43.2 Å². The predicted molar refractivity (Wildman–Crippen MR) is 95.4 cm³/mol. The SMILES string of the molecule is Cc1ccc2[nH]c3c(c2c1)CCN1C(=O)c2ccccc2N(C)[C@H]31. The van der Waals surface area contributed by atoms with Gasteiger partial charge in [0.05, 0.1) is 16.9 Å². The van der Waals surface area contributed by atoms with E-state index in [0.29, 0.717) is 0 Å². The fraction of sp³-hybridized carbons (Fsp3) is 0.250. The summed E-state index contributed by atoms with van der Waals surface area (Å²) in [6.45, 7) is 2.89. The van der Waals surface area contributed by atoms with Crippen LogP contribution in [0.3, 0.4) is 0 Å². The Morgan fingerprint density at radius 3 is 2.88 bits per heavy atom. The highest BCUT2D eigenvalue weighted by Crippen LogP contribution is 2.42. The molecule has 4 nitrogen and oxygen atoms in total. The molecule has 0 bridgehead atoms. The lowest BCUT2D eigenvalue weighted by atomic mass is 9.96. The molecule has 0 saturated heterocycles. The van der Waals surface area contributed by atoms with Gasteiger partial charge in [-0.15, -0.1) is 0 Å². The van der Waals surface area contributed by atoms with Crippen LogP contribution < -0.4 is 4.90 Å². The van der Waals surface area contributed by atoms with E-state index in [1.54, 1.807) is 0 Å². The second-order valence-corrected chi connectivity index (χ2v) is 6.82. The van der Waals surface area contributed by atoms with Crippen molar-refractivity contribution in [1.82, 2.24) is 9.88 Å². The third kappa shape index (κ3) is 1.65. The fourth-order valence-electron chi connectivity index (χ4n) is 4.25. The number of nitrogens with zero attached hydrogens (tertiary/aromatic N) is 2. The van der Waals surface area contributed by atoms with Gasteiger partial charge in [0.25, 0.3) is 5.91 Å². The third-order valence-corrected chi connectivity index (χ3v) is 5.39. The Morgan fingerprint density at radius 1 is 1.17 bits per heavy atom. The zero-order chi connectivity index (χ0) is 16.4. The molecule has 24 heavy (non-hydrogen) atoms. The topological polar surface area (TPSA) is 39.3 Å². The van der Waals surface area contributed by atoms with Crippen molar-refractivity contribution in [3.05, 3.63) is 64.8 Å². The Balaban J connectivity index is 1.74. The maximum absolute atomic E-state index is 13.0. The van der Waals surface area contributed by atoms with Crippen molar-refractivity contribution in [2.24, 2.45) is 0 Å². The van der Waals surface area contributed by atoms with E-state index in [9.17, 15) is 4.79 Å². The number of fused-ring (bicyclic) bond motifs is 6. The maximum Gasteiger partial charge on any atom is 0.257 e. The van der Waals surface area contributed by atoms with Crippen molar-refractivity contribution in [1.29, 1.82) is 0 Å². The van der Waals surface area contributed by atoms with Crippen molar-refractivity contribution in [3.8, 4) is 0 Å². The molecule has 2 aliphatic rings. The molecule has 0 unspecified atom stereocenters. The summed E-state index contributed by atoms with van der Waals surface area (Å²) < 4.78 is 0. The molecule has 1 atom stereocenters. The van der Waals surface area contributed by atoms with Gasteiger partial charge < -0.3 is 14.8 Å². The monoisotopic (exact) mass is 317 g/mol. The van der Waals surface area contributed by atoms with Crippen LogP contribution in [-0.4, -0.2) is 29.4 Å². The van der Waals surface area contributed by atoms with Gasteiger partial charge >= 0.3 is 0 Å². The summed E-state index contributed by atoms with van der Waals surface area (Å²) in [5.74, 6) is 0.134. The summed E-state index contributed by atoms with van der Waals surface area (Å²) in [6.07, 6.45) is 0.848. The molecule has 120 valence electrons. The highest BCUT2D eigenvalue weighted by molar-refractivity contribution is 6.02. The van der Waals surface area contributed by atoms with E-state index in [1.165, 1.54) is 16.5 Å². The number of aryl methyl sites for hydroxylation is 1. The molecular formula is C20H19N3O. The molecule has 1 aromatic heterocycles. The number of amides is 1. The Bertz CT molecular complexity index is 988. The fourth-order valence-corrected chi connectivity index (χ4v) is 4.25. The largest absolute Gasteiger partial charge is 0.355 e. The van der Waals surface area contributed by atoms with Crippen LogP contribution in [0.2, 0.25) is 0 Å². The number of H-pyrrole nitrogens is 1. The number of aromatic nitrogens is 1. The van der Waals surface area contributed by atoms with Gasteiger partial charge in [-0.25, -0.2) is 0 Å². The minimum Gasteiger partial charge on any atom is -0.355 e. The van der Waals surface area contributed by atoms with Crippen LogP contribution in [0.4, 0.5) is 5.69 Å². The zero-order valence-corrected chi connectivity index (χ0v) is 13.8. The summed E-state index contributed by atoms with van der Waals surface area (Å²) in [4.78, 5) is 20.8. The number of hydrogen-bond donors (Lipinski definition) is 1. The molecule has 0 saturated carbocycles. The molecule has 2 aliphatic heterocycles. The summed E-state index contributed by atoms with van der Waals surface area (Å²) in [6, 6.07) is 14.4. The number of hydrogen-bond acceptors (Lipinski definition) is 2. The number of carbonyl (C=O) groups excluding carboxylic acids is 1. The lowest BCUT2D eigenvalue weighted by Gasteiger charge is -2.46. The van der Waals surface area contributed by atoms with E-state index in [2.05, 4.69) is 42.1 Å². The quantitative estimate of drug-likeness (QED) is 0.688. The molecule has 5 rings (SSSR count). The summed E-state index contributed by atoms with van der Waals surface area (Å²) in [7, 11) is 2.08. The molecule has 4 heteroatoms. The number of anilines is 1. The average Bonchev–Trinajstić information content (AvgIpc) is 2.97. The van der Waals surface area contributed by atoms with E-state index in [1.807, 2.05) is 29.2 Å². The minimum absolute atomic E-state index is 0.0520. The van der Waals surface area contributed by atoms with E-state index in [4.69, 9.17) is 0 Å².